The summed E-state index contributed by atoms with van der Waals surface area (Å²) in [6.07, 6.45) is 7.25. The summed E-state index contributed by atoms with van der Waals surface area (Å²) in [5.74, 6) is 2.89. The van der Waals surface area contributed by atoms with Gasteiger partial charge in [-0.05, 0) is 19.3 Å². The highest BCUT2D eigenvalue weighted by Crippen LogP contribution is 2.32. The average molecular weight is 248 g/mol. The second-order valence-corrected chi connectivity index (χ2v) is 5.31. The number of aromatic nitrogens is 3. The SMILES string of the molecule is Nc1nc(C2CCCCC2)nc(C2CCOC2)n1. The van der Waals surface area contributed by atoms with Crippen molar-refractivity contribution in [1.29, 1.82) is 0 Å². The van der Waals surface area contributed by atoms with Crippen LogP contribution in [-0.4, -0.2) is 28.2 Å². The van der Waals surface area contributed by atoms with Crippen molar-refractivity contribution in [3.63, 3.8) is 0 Å². The summed E-state index contributed by atoms with van der Waals surface area (Å²) in [6.45, 7) is 1.52. The fourth-order valence-corrected chi connectivity index (χ4v) is 2.89. The summed E-state index contributed by atoms with van der Waals surface area (Å²) in [7, 11) is 0. The van der Waals surface area contributed by atoms with E-state index >= 15 is 0 Å². The van der Waals surface area contributed by atoms with Gasteiger partial charge in [-0.2, -0.15) is 9.97 Å². The first-order valence-corrected chi connectivity index (χ1v) is 6.92. The van der Waals surface area contributed by atoms with E-state index in [1.165, 1.54) is 32.1 Å². The van der Waals surface area contributed by atoms with Crippen LogP contribution in [0.25, 0.3) is 0 Å². The Morgan fingerprint density at radius 1 is 0.889 bits per heavy atom. The second kappa shape index (κ2) is 5.18. The van der Waals surface area contributed by atoms with Crippen LogP contribution in [-0.2, 0) is 4.74 Å². The molecule has 1 saturated carbocycles. The van der Waals surface area contributed by atoms with E-state index in [1.54, 1.807) is 0 Å². The number of nitrogens with two attached hydrogens (primary N) is 1. The summed E-state index contributed by atoms with van der Waals surface area (Å²) >= 11 is 0. The first kappa shape index (κ1) is 11.8. The normalized spacial score (nSPS) is 25.4. The number of ether oxygens (including phenoxy) is 1. The Balaban J connectivity index is 1.84. The van der Waals surface area contributed by atoms with E-state index in [0.717, 1.165) is 24.7 Å². The molecule has 5 heteroatoms. The lowest BCUT2D eigenvalue weighted by Gasteiger charge is -2.21. The number of hydrogen-bond donors (Lipinski definition) is 1. The van der Waals surface area contributed by atoms with Crippen molar-refractivity contribution in [2.24, 2.45) is 0 Å². The van der Waals surface area contributed by atoms with Gasteiger partial charge in [-0.1, -0.05) is 19.3 Å². The topological polar surface area (TPSA) is 73.9 Å². The van der Waals surface area contributed by atoms with E-state index in [4.69, 9.17) is 10.5 Å². The predicted molar refractivity (Wildman–Crippen MR) is 68.2 cm³/mol. The Morgan fingerprint density at radius 2 is 1.61 bits per heavy atom. The minimum atomic E-state index is 0.303. The Morgan fingerprint density at radius 3 is 2.28 bits per heavy atom. The Labute approximate surface area is 107 Å². The molecule has 2 aliphatic rings. The molecular formula is C13H20N4O. The van der Waals surface area contributed by atoms with Crippen LogP contribution in [0.4, 0.5) is 5.95 Å². The van der Waals surface area contributed by atoms with Crippen LogP contribution in [0.5, 0.6) is 0 Å². The van der Waals surface area contributed by atoms with Gasteiger partial charge in [0.05, 0.1) is 6.61 Å². The van der Waals surface area contributed by atoms with Gasteiger partial charge in [0.1, 0.15) is 11.6 Å². The van der Waals surface area contributed by atoms with Gasteiger partial charge in [0, 0.05) is 18.4 Å². The maximum atomic E-state index is 5.83. The van der Waals surface area contributed by atoms with Crippen LogP contribution in [0.1, 0.15) is 62.0 Å². The van der Waals surface area contributed by atoms with E-state index in [-0.39, 0.29) is 0 Å². The smallest absolute Gasteiger partial charge is 0.223 e. The van der Waals surface area contributed by atoms with Gasteiger partial charge >= 0.3 is 0 Å². The van der Waals surface area contributed by atoms with Crippen LogP contribution in [0, 0.1) is 0 Å². The lowest BCUT2D eigenvalue weighted by Crippen LogP contribution is -2.15. The number of nitrogens with zero attached hydrogens (tertiary/aromatic N) is 3. The zero-order valence-corrected chi connectivity index (χ0v) is 10.6. The summed E-state index contributed by atoms with van der Waals surface area (Å²) < 4.78 is 5.40. The summed E-state index contributed by atoms with van der Waals surface area (Å²) in [4.78, 5) is 13.3. The molecule has 0 bridgehead atoms. The molecule has 1 aromatic heterocycles. The molecule has 1 unspecified atom stereocenters. The summed E-state index contributed by atoms with van der Waals surface area (Å²) in [6, 6.07) is 0. The average Bonchev–Trinajstić information content (AvgIpc) is 2.93. The zero-order chi connectivity index (χ0) is 12.4. The van der Waals surface area contributed by atoms with Crippen LogP contribution in [0.15, 0.2) is 0 Å². The molecule has 1 atom stereocenters. The molecule has 1 saturated heterocycles. The standard InChI is InChI=1S/C13H20N4O/c14-13-16-11(9-4-2-1-3-5-9)15-12(17-13)10-6-7-18-8-10/h9-10H,1-8H2,(H2,14,15,16,17). The maximum Gasteiger partial charge on any atom is 0.223 e. The second-order valence-electron chi connectivity index (χ2n) is 5.31. The number of anilines is 1. The lowest BCUT2D eigenvalue weighted by molar-refractivity contribution is 0.193. The molecule has 98 valence electrons. The molecule has 1 aliphatic heterocycles. The highest BCUT2D eigenvalue weighted by Gasteiger charge is 2.24. The first-order valence-electron chi connectivity index (χ1n) is 6.92. The molecule has 1 aliphatic carbocycles. The van der Waals surface area contributed by atoms with Gasteiger partial charge in [0.15, 0.2) is 0 Å². The van der Waals surface area contributed by atoms with E-state index in [9.17, 15) is 0 Å². The molecule has 2 N–H and O–H groups in total. The maximum absolute atomic E-state index is 5.83. The van der Waals surface area contributed by atoms with Crippen molar-refractivity contribution in [3.8, 4) is 0 Å². The van der Waals surface area contributed by atoms with Crippen molar-refractivity contribution >= 4 is 5.95 Å². The van der Waals surface area contributed by atoms with E-state index in [0.29, 0.717) is 24.4 Å². The monoisotopic (exact) mass is 248 g/mol. The molecule has 5 nitrogen and oxygen atoms in total. The molecule has 0 aromatic carbocycles. The molecule has 0 amide bonds. The van der Waals surface area contributed by atoms with Gasteiger partial charge in [0.2, 0.25) is 5.95 Å². The van der Waals surface area contributed by atoms with Gasteiger partial charge < -0.3 is 10.5 Å². The van der Waals surface area contributed by atoms with Gasteiger partial charge in [-0.25, -0.2) is 4.98 Å². The van der Waals surface area contributed by atoms with Crippen LogP contribution in [0.3, 0.4) is 0 Å². The zero-order valence-electron chi connectivity index (χ0n) is 10.6. The molecular weight excluding hydrogens is 228 g/mol. The van der Waals surface area contributed by atoms with E-state index in [1.807, 2.05) is 0 Å². The summed E-state index contributed by atoms with van der Waals surface area (Å²) in [5.41, 5.74) is 5.83. The number of nitrogen functional groups attached to an aromatic ring is 1. The van der Waals surface area contributed by atoms with Crippen molar-refractivity contribution in [2.75, 3.05) is 18.9 Å². The Kier molecular flexibility index (Phi) is 3.41. The number of rotatable bonds is 2. The van der Waals surface area contributed by atoms with E-state index < -0.39 is 0 Å². The molecule has 2 heterocycles. The third-order valence-electron chi connectivity index (χ3n) is 3.95. The quantitative estimate of drug-likeness (QED) is 0.866. The first-order chi connectivity index (χ1) is 8.83. The third-order valence-corrected chi connectivity index (χ3v) is 3.95. The van der Waals surface area contributed by atoms with Crippen LogP contribution >= 0.6 is 0 Å². The van der Waals surface area contributed by atoms with E-state index in [2.05, 4.69) is 15.0 Å². The Bertz CT molecular complexity index is 411. The summed E-state index contributed by atoms with van der Waals surface area (Å²) in [5, 5.41) is 0. The van der Waals surface area contributed by atoms with Crippen molar-refractivity contribution in [2.45, 2.75) is 50.4 Å². The molecule has 18 heavy (non-hydrogen) atoms. The molecule has 1 aromatic rings. The van der Waals surface area contributed by atoms with Crippen molar-refractivity contribution in [3.05, 3.63) is 11.6 Å². The minimum Gasteiger partial charge on any atom is -0.381 e. The van der Waals surface area contributed by atoms with Gasteiger partial charge in [0.25, 0.3) is 0 Å². The molecule has 3 rings (SSSR count). The highest BCUT2D eigenvalue weighted by molar-refractivity contribution is 5.19. The van der Waals surface area contributed by atoms with Crippen molar-refractivity contribution < 1.29 is 4.74 Å². The minimum absolute atomic E-state index is 0.303. The Hall–Kier alpha value is -1.23. The fourth-order valence-electron chi connectivity index (χ4n) is 2.89. The van der Waals surface area contributed by atoms with Crippen LogP contribution in [0.2, 0.25) is 0 Å². The van der Waals surface area contributed by atoms with Crippen LogP contribution < -0.4 is 5.73 Å². The predicted octanol–water partition coefficient (Wildman–Crippen LogP) is 2.01. The number of hydrogen-bond acceptors (Lipinski definition) is 5. The molecule has 2 fully saturated rings. The van der Waals surface area contributed by atoms with Gasteiger partial charge in [-0.3, -0.25) is 0 Å². The highest BCUT2D eigenvalue weighted by atomic mass is 16.5. The lowest BCUT2D eigenvalue weighted by atomic mass is 9.88. The largest absolute Gasteiger partial charge is 0.381 e. The fraction of sp³-hybridized carbons (Fsp3) is 0.769. The molecule has 0 spiro atoms. The molecule has 0 radical (unpaired) electrons. The van der Waals surface area contributed by atoms with Crippen molar-refractivity contribution in [1.82, 2.24) is 15.0 Å². The third kappa shape index (κ3) is 2.46. The van der Waals surface area contributed by atoms with Gasteiger partial charge in [-0.15, -0.1) is 0 Å².